The van der Waals surface area contributed by atoms with Gasteiger partial charge in [-0.15, -0.1) is 11.3 Å². The van der Waals surface area contributed by atoms with Gasteiger partial charge < -0.3 is 5.73 Å². The molecule has 0 amide bonds. The number of nitrogens with two attached hydrogens (primary N) is 1. The van der Waals surface area contributed by atoms with E-state index in [1.54, 1.807) is 11.3 Å². The number of rotatable bonds is 5. The Bertz CT molecular complexity index is 623. The van der Waals surface area contributed by atoms with Gasteiger partial charge in [0.2, 0.25) is 0 Å². The fourth-order valence-corrected chi connectivity index (χ4v) is 3.19. The minimum atomic E-state index is 0.155. The van der Waals surface area contributed by atoms with E-state index in [-0.39, 0.29) is 5.84 Å². The molecular formula is C16H20N2S. The Morgan fingerprint density at radius 1 is 1.37 bits per heavy atom. The number of nitrogens with one attached hydrogen (secondary N) is 1. The lowest BCUT2D eigenvalue weighted by molar-refractivity contribution is 0.955. The van der Waals surface area contributed by atoms with Gasteiger partial charge in [-0.05, 0) is 36.1 Å². The summed E-state index contributed by atoms with van der Waals surface area (Å²) in [6, 6.07) is 8.41. The fourth-order valence-electron chi connectivity index (χ4n) is 2.24. The summed E-state index contributed by atoms with van der Waals surface area (Å²) in [4.78, 5) is 0.855. The molecule has 19 heavy (non-hydrogen) atoms. The monoisotopic (exact) mass is 272 g/mol. The second-order valence-corrected chi connectivity index (χ2v) is 5.70. The molecule has 2 aromatic rings. The zero-order valence-electron chi connectivity index (χ0n) is 11.5. The highest BCUT2D eigenvalue weighted by Gasteiger charge is 2.09. The molecule has 0 saturated carbocycles. The van der Waals surface area contributed by atoms with Crippen molar-refractivity contribution in [3.05, 3.63) is 40.8 Å². The van der Waals surface area contributed by atoms with Gasteiger partial charge >= 0.3 is 0 Å². The Morgan fingerprint density at radius 3 is 2.79 bits per heavy atom. The molecular weight excluding hydrogens is 252 g/mol. The number of allylic oxidation sites excluding steroid dienone is 2. The summed E-state index contributed by atoms with van der Waals surface area (Å²) >= 11 is 1.59. The molecule has 0 bridgehead atoms. The smallest absolute Gasteiger partial charge is 0.133 e. The van der Waals surface area contributed by atoms with Crippen LogP contribution in [-0.4, -0.2) is 5.84 Å². The molecule has 3 N–H and O–H groups in total. The van der Waals surface area contributed by atoms with Gasteiger partial charge in [-0.1, -0.05) is 38.5 Å². The van der Waals surface area contributed by atoms with Crippen molar-refractivity contribution in [3.63, 3.8) is 0 Å². The molecule has 0 unspecified atom stereocenters. The number of unbranched alkanes of at least 4 members (excludes halogenated alkanes) is 1. The molecule has 2 rings (SSSR count). The Morgan fingerprint density at radius 2 is 2.16 bits per heavy atom. The van der Waals surface area contributed by atoms with E-state index in [2.05, 4.69) is 38.1 Å². The number of fused-ring (bicyclic) bond motifs is 1. The van der Waals surface area contributed by atoms with Crippen LogP contribution in [0.1, 0.15) is 43.6 Å². The van der Waals surface area contributed by atoms with Crippen LogP contribution in [0.25, 0.3) is 15.7 Å². The van der Waals surface area contributed by atoms with Crippen molar-refractivity contribution in [1.29, 1.82) is 5.41 Å². The molecule has 0 atom stereocenters. The average molecular weight is 272 g/mol. The molecule has 1 aromatic heterocycles. The van der Waals surface area contributed by atoms with Crippen LogP contribution in [-0.2, 0) is 0 Å². The molecule has 0 saturated heterocycles. The number of nitrogen functional groups attached to an aromatic ring is 1. The lowest BCUT2D eigenvalue weighted by Gasteiger charge is -2.07. The van der Waals surface area contributed by atoms with Gasteiger partial charge in [-0.2, -0.15) is 0 Å². The van der Waals surface area contributed by atoms with E-state index >= 15 is 0 Å². The molecule has 0 fully saturated rings. The van der Waals surface area contributed by atoms with Crippen LogP contribution in [0.2, 0.25) is 0 Å². The normalized spacial score (nSPS) is 12.0. The second-order valence-electron chi connectivity index (χ2n) is 4.61. The van der Waals surface area contributed by atoms with E-state index in [4.69, 9.17) is 11.1 Å². The Balaban J connectivity index is 2.56. The lowest BCUT2D eigenvalue weighted by atomic mass is 9.98. The van der Waals surface area contributed by atoms with Crippen LogP contribution in [0.3, 0.4) is 0 Å². The molecule has 100 valence electrons. The van der Waals surface area contributed by atoms with Gasteiger partial charge in [-0.3, -0.25) is 5.41 Å². The molecule has 3 heteroatoms. The second kappa shape index (κ2) is 6.02. The summed E-state index contributed by atoms with van der Waals surface area (Å²) < 4.78 is 1.21. The van der Waals surface area contributed by atoms with Crippen molar-refractivity contribution < 1.29 is 0 Å². The summed E-state index contributed by atoms with van der Waals surface area (Å²) in [6.07, 6.45) is 5.65. The molecule has 0 spiro atoms. The van der Waals surface area contributed by atoms with Crippen molar-refractivity contribution in [1.82, 2.24) is 0 Å². The molecule has 0 radical (unpaired) electrons. The molecule has 1 heterocycles. The van der Waals surface area contributed by atoms with Crippen LogP contribution >= 0.6 is 11.3 Å². The molecule has 0 aliphatic heterocycles. The highest BCUT2D eigenvalue weighted by Crippen LogP contribution is 2.33. The first kappa shape index (κ1) is 13.8. The lowest BCUT2D eigenvalue weighted by Crippen LogP contribution is -2.08. The van der Waals surface area contributed by atoms with E-state index < -0.39 is 0 Å². The molecule has 1 aromatic carbocycles. The first-order valence-corrected chi connectivity index (χ1v) is 7.55. The zero-order valence-corrected chi connectivity index (χ0v) is 12.3. The highest BCUT2D eigenvalue weighted by molar-refractivity contribution is 7.20. The number of hydrogen-bond donors (Lipinski definition) is 2. The molecule has 0 aliphatic carbocycles. The third kappa shape index (κ3) is 2.87. The maximum atomic E-state index is 7.57. The summed E-state index contributed by atoms with van der Waals surface area (Å²) in [5.41, 5.74) is 8.27. The van der Waals surface area contributed by atoms with Gasteiger partial charge in [0.05, 0.1) is 4.88 Å². The summed E-state index contributed by atoms with van der Waals surface area (Å²) in [6.45, 7) is 4.39. The van der Waals surface area contributed by atoms with E-state index in [0.29, 0.717) is 0 Å². The van der Waals surface area contributed by atoms with Gasteiger partial charge in [0.25, 0.3) is 0 Å². The van der Waals surface area contributed by atoms with Gasteiger partial charge in [0.1, 0.15) is 5.84 Å². The number of amidine groups is 1. The van der Waals surface area contributed by atoms with Crippen LogP contribution in [0.15, 0.2) is 30.3 Å². The van der Waals surface area contributed by atoms with Crippen LogP contribution in [0.5, 0.6) is 0 Å². The largest absolute Gasteiger partial charge is 0.383 e. The van der Waals surface area contributed by atoms with Crippen molar-refractivity contribution in [2.75, 3.05) is 0 Å². The first-order chi connectivity index (χ1) is 9.17. The van der Waals surface area contributed by atoms with Gasteiger partial charge in [0, 0.05) is 10.1 Å². The molecule has 2 nitrogen and oxygen atoms in total. The Labute approximate surface area is 118 Å². The maximum Gasteiger partial charge on any atom is 0.133 e. The van der Waals surface area contributed by atoms with E-state index in [9.17, 15) is 0 Å². The van der Waals surface area contributed by atoms with Crippen LogP contribution in [0.4, 0.5) is 0 Å². The molecule has 0 aliphatic rings. The highest BCUT2D eigenvalue weighted by atomic mass is 32.1. The summed E-state index contributed by atoms with van der Waals surface area (Å²) in [5, 5.41) is 8.80. The first-order valence-electron chi connectivity index (χ1n) is 6.73. The predicted molar refractivity (Wildman–Crippen MR) is 86.0 cm³/mol. The van der Waals surface area contributed by atoms with Gasteiger partial charge in [0.15, 0.2) is 0 Å². The van der Waals surface area contributed by atoms with Crippen molar-refractivity contribution in [2.45, 2.75) is 33.1 Å². The standard InChI is InChI=1S/C16H20N2S/c1-3-5-7-11(4-2)12-8-6-9-14-13(12)10-15(19-14)16(17)18/h6-10H,3-5H2,1-2H3,(H3,17,18)/b11-7+. The summed E-state index contributed by atoms with van der Waals surface area (Å²) in [5.74, 6) is 0.155. The van der Waals surface area contributed by atoms with Crippen molar-refractivity contribution >= 4 is 32.8 Å². The van der Waals surface area contributed by atoms with E-state index in [1.807, 2.05) is 6.07 Å². The minimum Gasteiger partial charge on any atom is -0.383 e. The Kier molecular flexibility index (Phi) is 4.38. The van der Waals surface area contributed by atoms with Crippen molar-refractivity contribution in [3.8, 4) is 0 Å². The van der Waals surface area contributed by atoms with Crippen molar-refractivity contribution in [2.24, 2.45) is 5.73 Å². The average Bonchev–Trinajstić information content (AvgIpc) is 2.84. The SMILES string of the molecule is CCC/C=C(\CC)c1cccc2sc(C(=N)N)cc12. The number of hydrogen-bond acceptors (Lipinski definition) is 2. The summed E-state index contributed by atoms with van der Waals surface area (Å²) in [7, 11) is 0. The van der Waals surface area contributed by atoms with Crippen LogP contribution < -0.4 is 5.73 Å². The Hall–Kier alpha value is -1.61. The quantitative estimate of drug-likeness (QED) is 0.597. The zero-order chi connectivity index (χ0) is 13.8. The van der Waals surface area contributed by atoms with Crippen LogP contribution in [0, 0.1) is 5.41 Å². The topological polar surface area (TPSA) is 49.9 Å². The number of thiophene rings is 1. The maximum absolute atomic E-state index is 7.57. The predicted octanol–water partition coefficient (Wildman–Crippen LogP) is 4.78. The fraction of sp³-hybridized carbons (Fsp3) is 0.312. The van der Waals surface area contributed by atoms with E-state index in [1.165, 1.54) is 27.6 Å². The van der Waals surface area contributed by atoms with E-state index in [0.717, 1.165) is 17.7 Å². The third-order valence-corrected chi connectivity index (χ3v) is 4.37. The van der Waals surface area contributed by atoms with Gasteiger partial charge in [-0.25, -0.2) is 0 Å². The minimum absolute atomic E-state index is 0.155. The number of benzene rings is 1. The third-order valence-electron chi connectivity index (χ3n) is 3.23.